The fourth-order valence-electron chi connectivity index (χ4n) is 2.04. The van der Waals surface area contributed by atoms with Crippen LogP contribution in [-0.2, 0) is 10.2 Å². The van der Waals surface area contributed by atoms with Gasteiger partial charge in [-0.3, -0.25) is 0 Å². The molecule has 110 valence electrons. The Morgan fingerprint density at radius 2 is 2.25 bits per heavy atom. The highest BCUT2D eigenvalue weighted by Crippen LogP contribution is 2.25. The Morgan fingerprint density at radius 1 is 1.50 bits per heavy atom. The third-order valence-corrected chi connectivity index (χ3v) is 3.26. The summed E-state index contributed by atoms with van der Waals surface area (Å²) in [4.78, 5) is 15.6. The van der Waals surface area contributed by atoms with Gasteiger partial charge < -0.3 is 14.6 Å². The number of ether oxygens (including phenoxy) is 2. The summed E-state index contributed by atoms with van der Waals surface area (Å²) >= 11 is 0. The first-order chi connectivity index (χ1) is 9.36. The molecule has 0 saturated carbocycles. The maximum absolute atomic E-state index is 11.2. The number of pyridine rings is 1. The van der Waals surface area contributed by atoms with Crippen molar-refractivity contribution in [3.05, 3.63) is 23.4 Å². The molecule has 2 heterocycles. The first-order valence-electron chi connectivity index (χ1n) is 6.86. The first-order valence-corrected chi connectivity index (χ1v) is 6.86. The standard InChI is InChI=1S/C15H21NO4/c1-15(2,3)12-7-10(14(17)18)8-13(16-12)20-9-11-5-4-6-19-11/h7-8,11H,4-6,9H2,1-3H3,(H,17,18). The van der Waals surface area contributed by atoms with Gasteiger partial charge in [0.2, 0.25) is 5.88 Å². The van der Waals surface area contributed by atoms with Crippen molar-refractivity contribution in [3.8, 4) is 5.88 Å². The molecule has 1 aliphatic rings. The third kappa shape index (κ3) is 3.70. The zero-order valence-corrected chi connectivity index (χ0v) is 12.2. The lowest BCUT2D eigenvalue weighted by atomic mass is 9.91. The van der Waals surface area contributed by atoms with Crippen molar-refractivity contribution in [1.29, 1.82) is 0 Å². The Kier molecular flexibility index (Phi) is 4.28. The molecular weight excluding hydrogens is 258 g/mol. The number of rotatable bonds is 4. The largest absolute Gasteiger partial charge is 0.478 e. The van der Waals surface area contributed by atoms with E-state index in [1.165, 1.54) is 6.07 Å². The Balaban J connectivity index is 2.17. The van der Waals surface area contributed by atoms with Gasteiger partial charge >= 0.3 is 5.97 Å². The second kappa shape index (κ2) is 5.79. The summed E-state index contributed by atoms with van der Waals surface area (Å²) < 4.78 is 11.1. The summed E-state index contributed by atoms with van der Waals surface area (Å²) in [5.41, 5.74) is 0.681. The maximum atomic E-state index is 11.2. The highest BCUT2D eigenvalue weighted by molar-refractivity contribution is 5.88. The van der Waals surface area contributed by atoms with Gasteiger partial charge in [0.05, 0.1) is 17.4 Å². The van der Waals surface area contributed by atoms with Crippen LogP contribution in [0, 0.1) is 0 Å². The van der Waals surface area contributed by atoms with Crippen LogP contribution >= 0.6 is 0 Å². The predicted molar refractivity (Wildman–Crippen MR) is 74.4 cm³/mol. The first kappa shape index (κ1) is 14.8. The van der Waals surface area contributed by atoms with Crippen molar-refractivity contribution in [3.63, 3.8) is 0 Å². The van der Waals surface area contributed by atoms with Crippen molar-refractivity contribution in [2.75, 3.05) is 13.2 Å². The Labute approximate surface area is 118 Å². The van der Waals surface area contributed by atoms with Gasteiger partial charge in [-0.1, -0.05) is 20.8 Å². The monoisotopic (exact) mass is 279 g/mol. The summed E-state index contributed by atoms with van der Waals surface area (Å²) in [5.74, 6) is -0.620. The highest BCUT2D eigenvalue weighted by atomic mass is 16.5. The number of nitrogens with zero attached hydrogens (tertiary/aromatic N) is 1. The van der Waals surface area contributed by atoms with Crippen LogP contribution in [-0.4, -0.2) is 35.4 Å². The van der Waals surface area contributed by atoms with Gasteiger partial charge in [-0.05, 0) is 18.9 Å². The van der Waals surface area contributed by atoms with Crippen molar-refractivity contribution in [2.45, 2.75) is 45.1 Å². The number of aromatic carboxylic acids is 1. The second-order valence-corrected chi connectivity index (χ2v) is 6.08. The van der Waals surface area contributed by atoms with E-state index in [9.17, 15) is 9.90 Å². The number of carboxylic acids is 1. The molecule has 0 aliphatic carbocycles. The van der Waals surface area contributed by atoms with Crippen molar-refractivity contribution >= 4 is 5.97 Å². The van der Waals surface area contributed by atoms with E-state index in [2.05, 4.69) is 4.98 Å². The predicted octanol–water partition coefficient (Wildman–Crippen LogP) is 2.64. The van der Waals surface area contributed by atoms with E-state index in [1.807, 2.05) is 20.8 Å². The molecule has 1 N–H and O–H groups in total. The fourth-order valence-corrected chi connectivity index (χ4v) is 2.04. The van der Waals surface area contributed by atoms with Gasteiger partial charge in [-0.2, -0.15) is 0 Å². The molecule has 1 aromatic heterocycles. The van der Waals surface area contributed by atoms with Crippen LogP contribution in [0.25, 0.3) is 0 Å². The van der Waals surface area contributed by atoms with Gasteiger partial charge in [0.15, 0.2) is 0 Å². The third-order valence-electron chi connectivity index (χ3n) is 3.26. The molecule has 5 heteroatoms. The van der Waals surface area contributed by atoms with Crippen LogP contribution in [0.5, 0.6) is 5.88 Å². The Hall–Kier alpha value is -1.62. The molecule has 2 rings (SSSR count). The zero-order valence-electron chi connectivity index (χ0n) is 12.2. The van der Waals surface area contributed by atoms with Crippen LogP contribution in [0.1, 0.15) is 49.7 Å². The SMILES string of the molecule is CC(C)(C)c1cc(C(=O)O)cc(OCC2CCCO2)n1. The second-order valence-electron chi connectivity index (χ2n) is 6.08. The Bertz CT molecular complexity index is 487. The number of aromatic nitrogens is 1. The molecule has 5 nitrogen and oxygen atoms in total. The van der Waals surface area contributed by atoms with E-state index in [1.54, 1.807) is 6.07 Å². The van der Waals surface area contributed by atoms with E-state index in [0.29, 0.717) is 18.2 Å². The normalized spacial score (nSPS) is 19.1. The molecular formula is C15H21NO4. The molecule has 0 aromatic carbocycles. The average molecular weight is 279 g/mol. The minimum absolute atomic E-state index is 0.0865. The molecule has 0 radical (unpaired) electrons. The van der Waals surface area contributed by atoms with Crippen molar-refractivity contribution in [1.82, 2.24) is 4.98 Å². The van der Waals surface area contributed by atoms with Crippen LogP contribution in [0.3, 0.4) is 0 Å². The quantitative estimate of drug-likeness (QED) is 0.917. The summed E-state index contributed by atoms with van der Waals surface area (Å²) in [6.45, 7) is 7.16. The van der Waals surface area contributed by atoms with Gasteiger partial charge in [-0.15, -0.1) is 0 Å². The topological polar surface area (TPSA) is 68.7 Å². The molecule has 1 aromatic rings. The highest BCUT2D eigenvalue weighted by Gasteiger charge is 2.21. The smallest absolute Gasteiger partial charge is 0.335 e. The summed E-state index contributed by atoms with van der Waals surface area (Å²) in [6, 6.07) is 3.06. The van der Waals surface area contributed by atoms with E-state index < -0.39 is 5.97 Å². The minimum atomic E-state index is -0.972. The van der Waals surface area contributed by atoms with Crippen LogP contribution < -0.4 is 4.74 Å². The lowest BCUT2D eigenvalue weighted by Crippen LogP contribution is -2.19. The number of hydrogen-bond acceptors (Lipinski definition) is 4. The lowest BCUT2D eigenvalue weighted by Gasteiger charge is -2.19. The average Bonchev–Trinajstić information content (AvgIpc) is 2.88. The van der Waals surface area contributed by atoms with Crippen molar-refractivity contribution < 1.29 is 19.4 Å². The van der Waals surface area contributed by atoms with Gasteiger partial charge in [0.25, 0.3) is 0 Å². The lowest BCUT2D eigenvalue weighted by molar-refractivity contribution is 0.0655. The summed E-state index contributed by atoms with van der Waals surface area (Å²) in [5, 5.41) is 9.17. The molecule has 0 spiro atoms. The van der Waals surface area contributed by atoms with E-state index in [-0.39, 0.29) is 17.1 Å². The fraction of sp³-hybridized carbons (Fsp3) is 0.600. The summed E-state index contributed by atoms with van der Waals surface area (Å²) in [6.07, 6.45) is 2.11. The molecule has 1 unspecified atom stereocenters. The van der Waals surface area contributed by atoms with Crippen molar-refractivity contribution in [2.24, 2.45) is 0 Å². The maximum Gasteiger partial charge on any atom is 0.335 e. The zero-order chi connectivity index (χ0) is 14.8. The van der Waals surface area contributed by atoms with E-state index >= 15 is 0 Å². The van der Waals surface area contributed by atoms with Crippen LogP contribution in [0.15, 0.2) is 12.1 Å². The van der Waals surface area contributed by atoms with Gasteiger partial charge in [0.1, 0.15) is 6.61 Å². The number of carboxylic acid groups (broad SMARTS) is 1. The minimum Gasteiger partial charge on any atom is -0.478 e. The van der Waals surface area contributed by atoms with Crippen LogP contribution in [0.2, 0.25) is 0 Å². The van der Waals surface area contributed by atoms with Crippen LogP contribution in [0.4, 0.5) is 0 Å². The molecule has 1 fully saturated rings. The molecule has 0 bridgehead atoms. The number of carbonyl (C=O) groups is 1. The Morgan fingerprint density at radius 3 is 2.80 bits per heavy atom. The molecule has 1 saturated heterocycles. The van der Waals surface area contributed by atoms with Gasteiger partial charge in [0, 0.05) is 18.1 Å². The molecule has 1 atom stereocenters. The number of hydrogen-bond donors (Lipinski definition) is 1. The molecule has 0 amide bonds. The van der Waals surface area contributed by atoms with E-state index in [0.717, 1.165) is 19.4 Å². The summed E-state index contributed by atoms with van der Waals surface area (Å²) in [7, 11) is 0. The molecule has 1 aliphatic heterocycles. The van der Waals surface area contributed by atoms with Gasteiger partial charge in [-0.25, -0.2) is 9.78 Å². The molecule has 20 heavy (non-hydrogen) atoms. The van der Waals surface area contributed by atoms with E-state index in [4.69, 9.17) is 9.47 Å².